The van der Waals surface area contributed by atoms with E-state index < -0.39 is 5.91 Å². The van der Waals surface area contributed by atoms with E-state index >= 15 is 0 Å². The first kappa shape index (κ1) is 14.9. The van der Waals surface area contributed by atoms with Crippen LogP contribution in [0, 0.1) is 5.82 Å². The second-order valence-corrected chi connectivity index (χ2v) is 6.23. The predicted octanol–water partition coefficient (Wildman–Crippen LogP) is 1.70. The van der Waals surface area contributed by atoms with Crippen LogP contribution in [0.5, 0.6) is 0 Å². The summed E-state index contributed by atoms with van der Waals surface area (Å²) >= 11 is 1.54. The number of rotatable bonds is 4. The molecule has 0 aromatic carbocycles. The third-order valence-corrected chi connectivity index (χ3v) is 4.65. The lowest BCUT2D eigenvalue weighted by molar-refractivity contribution is 0.100. The van der Waals surface area contributed by atoms with Crippen molar-refractivity contribution in [1.82, 2.24) is 9.88 Å². The van der Waals surface area contributed by atoms with E-state index in [2.05, 4.69) is 9.88 Å². The topological polar surface area (TPSA) is 62.5 Å². The molecule has 22 heavy (non-hydrogen) atoms. The van der Waals surface area contributed by atoms with Gasteiger partial charge in [0.05, 0.1) is 5.56 Å². The average Bonchev–Trinajstić information content (AvgIpc) is 2.98. The quantitative estimate of drug-likeness (QED) is 0.931. The van der Waals surface area contributed by atoms with E-state index in [0.717, 1.165) is 37.6 Å². The molecule has 1 amide bonds. The molecule has 5 nitrogen and oxygen atoms in total. The zero-order chi connectivity index (χ0) is 15.5. The number of piperazine rings is 1. The molecule has 7 heteroatoms. The number of hydrogen-bond donors (Lipinski definition) is 1. The zero-order valence-electron chi connectivity index (χ0n) is 12.0. The molecule has 0 unspecified atom stereocenters. The highest BCUT2D eigenvalue weighted by atomic mass is 32.1. The molecule has 116 valence electrons. The number of amides is 1. The lowest BCUT2D eigenvalue weighted by atomic mass is 10.2. The standard InChI is InChI=1S/C15H17FN4OS/c16-13-2-1-3-18-15(13)20-6-4-19(5-7-20)9-12-8-11(10-22-12)14(17)21/h1-3,8,10H,4-7,9H2,(H2,17,21). The van der Waals surface area contributed by atoms with Gasteiger partial charge in [0.25, 0.3) is 0 Å². The van der Waals surface area contributed by atoms with Crippen molar-refractivity contribution in [2.45, 2.75) is 6.54 Å². The van der Waals surface area contributed by atoms with Gasteiger partial charge in [0.15, 0.2) is 11.6 Å². The van der Waals surface area contributed by atoms with Crippen LogP contribution in [-0.4, -0.2) is 42.0 Å². The Bertz CT molecular complexity index is 667. The fourth-order valence-corrected chi connectivity index (χ4v) is 3.46. The highest BCUT2D eigenvalue weighted by Gasteiger charge is 2.20. The molecule has 1 aliphatic heterocycles. The van der Waals surface area contributed by atoms with E-state index in [1.165, 1.54) is 6.07 Å². The van der Waals surface area contributed by atoms with Crippen molar-refractivity contribution in [3.05, 3.63) is 46.0 Å². The molecule has 0 aliphatic carbocycles. The minimum atomic E-state index is -0.391. The van der Waals surface area contributed by atoms with Crippen molar-refractivity contribution in [1.29, 1.82) is 0 Å². The molecule has 2 N–H and O–H groups in total. The summed E-state index contributed by atoms with van der Waals surface area (Å²) in [4.78, 5) is 20.6. The van der Waals surface area contributed by atoms with Crippen LogP contribution in [0.15, 0.2) is 29.8 Å². The van der Waals surface area contributed by atoms with Gasteiger partial charge in [0, 0.05) is 49.2 Å². The van der Waals surface area contributed by atoms with Gasteiger partial charge in [0.1, 0.15) is 0 Å². The highest BCUT2D eigenvalue weighted by molar-refractivity contribution is 7.10. The van der Waals surface area contributed by atoms with Gasteiger partial charge >= 0.3 is 0 Å². The summed E-state index contributed by atoms with van der Waals surface area (Å²) in [5, 5.41) is 1.79. The fraction of sp³-hybridized carbons (Fsp3) is 0.333. The van der Waals surface area contributed by atoms with Crippen molar-refractivity contribution in [3.63, 3.8) is 0 Å². The van der Waals surface area contributed by atoms with Crippen LogP contribution < -0.4 is 10.6 Å². The number of thiophene rings is 1. The van der Waals surface area contributed by atoms with Crippen molar-refractivity contribution < 1.29 is 9.18 Å². The van der Waals surface area contributed by atoms with E-state index in [4.69, 9.17) is 5.73 Å². The van der Waals surface area contributed by atoms with Gasteiger partial charge in [-0.25, -0.2) is 9.37 Å². The minimum absolute atomic E-state index is 0.277. The Balaban J connectivity index is 1.57. The Morgan fingerprint density at radius 1 is 1.36 bits per heavy atom. The number of nitrogens with two attached hydrogens (primary N) is 1. The molecule has 1 saturated heterocycles. The number of pyridine rings is 1. The first-order chi connectivity index (χ1) is 10.6. The molecule has 2 aromatic rings. The summed E-state index contributed by atoms with van der Waals surface area (Å²) in [6.45, 7) is 3.93. The lowest BCUT2D eigenvalue weighted by Gasteiger charge is -2.35. The van der Waals surface area contributed by atoms with E-state index in [-0.39, 0.29) is 5.82 Å². The van der Waals surface area contributed by atoms with E-state index in [9.17, 15) is 9.18 Å². The number of halogens is 1. The number of anilines is 1. The number of aromatic nitrogens is 1. The second kappa shape index (κ2) is 6.41. The Morgan fingerprint density at radius 2 is 2.14 bits per heavy atom. The van der Waals surface area contributed by atoms with Crippen LogP contribution in [0.4, 0.5) is 10.2 Å². The molecule has 1 aliphatic rings. The van der Waals surface area contributed by atoms with Gasteiger partial charge in [-0.3, -0.25) is 9.69 Å². The maximum absolute atomic E-state index is 13.7. The van der Waals surface area contributed by atoms with Crippen molar-refractivity contribution in [2.24, 2.45) is 5.73 Å². The van der Waals surface area contributed by atoms with Crippen LogP contribution in [0.3, 0.4) is 0 Å². The minimum Gasteiger partial charge on any atom is -0.366 e. The number of carbonyl (C=O) groups excluding carboxylic acids is 1. The smallest absolute Gasteiger partial charge is 0.249 e. The van der Waals surface area contributed by atoms with Gasteiger partial charge < -0.3 is 10.6 Å². The summed E-state index contributed by atoms with van der Waals surface area (Å²) in [6, 6.07) is 4.88. The van der Waals surface area contributed by atoms with Crippen LogP contribution in [0.1, 0.15) is 15.2 Å². The summed E-state index contributed by atoms with van der Waals surface area (Å²) in [7, 11) is 0. The number of carbonyl (C=O) groups is 1. The first-order valence-electron chi connectivity index (χ1n) is 7.08. The van der Waals surface area contributed by atoms with E-state index in [1.807, 2.05) is 11.0 Å². The van der Waals surface area contributed by atoms with E-state index in [1.54, 1.807) is 29.0 Å². The molecule has 0 spiro atoms. The van der Waals surface area contributed by atoms with E-state index in [0.29, 0.717) is 11.4 Å². The predicted molar refractivity (Wildman–Crippen MR) is 84.5 cm³/mol. The van der Waals surface area contributed by atoms with Gasteiger partial charge in [-0.2, -0.15) is 0 Å². The molecule has 0 saturated carbocycles. The molecule has 0 radical (unpaired) electrons. The maximum atomic E-state index is 13.7. The second-order valence-electron chi connectivity index (χ2n) is 5.24. The van der Waals surface area contributed by atoms with Crippen molar-refractivity contribution in [2.75, 3.05) is 31.1 Å². The monoisotopic (exact) mass is 320 g/mol. The first-order valence-corrected chi connectivity index (χ1v) is 7.96. The third-order valence-electron chi connectivity index (χ3n) is 3.73. The molecule has 3 heterocycles. The van der Waals surface area contributed by atoms with Crippen LogP contribution in [0.2, 0.25) is 0 Å². The van der Waals surface area contributed by atoms with Crippen molar-refractivity contribution >= 4 is 23.1 Å². The average molecular weight is 320 g/mol. The number of primary amides is 1. The zero-order valence-corrected chi connectivity index (χ0v) is 12.9. The van der Waals surface area contributed by atoms with Gasteiger partial charge in [-0.05, 0) is 18.2 Å². The SMILES string of the molecule is NC(=O)c1csc(CN2CCN(c3ncccc3F)CC2)c1. The Morgan fingerprint density at radius 3 is 2.77 bits per heavy atom. The number of hydrogen-bond acceptors (Lipinski definition) is 5. The van der Waals surface area contributed by atoms with Gasteiger partial charge in [0.2, 0.25) is 5.91 Å². The van der Waals surface area contributed by atoms with Crippen LogP contribution >= 0.6 is 11.3 Å². The molecule has 2 aromatic heterocycles. The van der Waals surface area contributed by atoms with Crippen molar-refractivity contribution in [3.8, 4) is 0 Å². The summed E-state index contributed by atoms with van der Waals surface area (Å²) in [6.07, 6.45) is 1.61. The highest BCUT2D eigenvalue weighted by Crippen LogP contribution is 2.20. The number of nitrogens with zero attached hydrogens (tertiary/aromatic N) is 3. The fourth-order valence-electron chi connectivity index (χ4n) is 2.54. The molecule has 0 atom stereocenters. The summed E-state index contributed by atoms with van der Waals surface area (Å²) in [5.74, 6) is -0.243. The van der Waals surface area contributed by atoms with Gasteiger partial charge in [-0.15, -0.1) is 11.3 Å². The molecule has 3 rings (SSSR count). The Labute approximate surface area is 132 Å². The third kappa shape index (κ3) is 3.26. The van der Waals surface area contributed by atoms with Gasteiger partial charge in [-0.1, -0.05) is 0 Å². The molecule has 0 bridgehead atoms. The molecular weight excluding hydrogens is 303 g/mol. The summed E-state index contributed by atoms with van der Waals surface area (Å²) in [5.41, 5.74) is 5.83. The Hall–Kier alpha value is -1.99. The normalized spacial score (nSPS) is 16.0. The Kier molecular flexibility index (Phi) is 4.35. The van der Waals surface area contributed by atoms with Crippen LogP contribution in [0.25, 0.3) is 0 Å². The maximum Gasteiger partial charge on any atom is 0.249 e. The molecule has 1 fully saturated rings. The molecular formula is C15H17FN4OS. The summed E-state index contributed by atoms with van der Waals surface area (Å²) < 4.78 is 13.7. The van der Waals surface area contributed by atoms with Crippen LogP contribution in [-0.2, 0) is 6.54 Å². The largest absolute Gasteiger partial charge is 0.366 e. The lowest BCUT2D eigenvalue weighted by Crippen LogP contribution is -2.46.